The minimum atomic E-state index is 0.100. The van der Waals surface area contributed by atoms with Crippen LogP contribution in [-0.2, 0) is 17.8 Å². The first-order valence-electron chi connectivity index (χ1n) is 9.33. The smallest absolute Gasteiger partial charge is 0.279 e. The largest absolute Gasteiger partial charge is 0.372 e. The number of hydrogen-bond donors (Lipinski definition) is 2. The van der Waals surface area contributed by atoms with Gasteiger partial charge in [-0.25, -0.2) is 0 Å². The summed E-state index contributed by atoms with van der Waals surface area (Å²) in [6.45, 7) is 4.79. The molecule has 130 valence electrons. The lowest BCUT2D eigenvalue weighted by molar-refractivity contribution is -0.907. The zero-order valence-corrected chi connectivity index (χ0v) is 14.6. The number of anilines is 2. The molecule has 2 aromatic rings. The predicted octanol–water partition coefficient (Wildman–Crippen LogP) is 1.87. The Balaban J connectivity index is 1.32. The molecular weight excluding hydrogens is 310 g/mol. The maximum Gasteiger partial charge on any atom is 0.279 e. The molecule has 1 unspecified atom stereocenters. The number of carbonyl (C=O) groups excluding carboxylic acids is 1. The molecule has 2 aromatic carbocycles. The molecule has 4 heteroatoms. The maximum atomic E-state index is 12.4. The van der Waals surface area contributed by atoms with Gasteiger partial charge in [-0.15, -0.1) is 0 Å². The average molecular weight is 336 g/mol. The molecule has 1 amide bonds. The predicted molar refractivity (Wildman–Crippen MR) is 101 cm³/mol. The minimum absolute atomic E-state index is 0.100. The first kappa shape index (κ1) is 16.2. The van der Waals surface area contributed by atoms with E-state index in [0.29, 0.717) is 6.54 Å². The Morgan fingerprint density at radius 2 is 1.72 bits per heavy atom. The Bertz CT molecular complexity index is 735. The topological polar surface area (TPSA) is 36.8 Å². The fourth-order valence-electron chi connectivity index (χ4n) is 3.96. The summed E-state index contributed by atoms with van der Waals surface area (Å²) in [6.07, 6.45) is 3.61. The fourth-order valence-corrected chi connectivity index (χ4v) is 3.96. The van der Waals surface area contributed by atoms with Crippen molar-refractivity contribution >= 4 is 17.3 Å². The van der Waals surface area contributed by atoms with Gasteiger partial charge in [0.25, 0.3) is 5.91 Å². The van der Waals surface area contributed by atoms with Crippen molar-refractivity contribution in [2.45, 2.75) is 25.8 Å². The minimum Gasteiger partial charge on any atom is -0.372 e. The molecule has 0 radical (unpaired) electrons. The Morgan fingerprint density at radius 1 is 1.00 bits per heavy atom. The van der Waals surface area contributed by atoms with E-state index < -0.39 is 0 Å². The van der Waals surface area contributed by atoms with Crippen LogP contribution in [0.2, 0.25) is 0 Å². The summed E-state index contributed by atoms with van der Waals surface area (Å²) >= 11 is 0. The summed E-state index contributed by atoms with van der Waals surface area (Å²) in [5.41, 5.74) is 4.97. The van der Waals surface area contributed by atoms with E-state index in [0.717, 1.165) is 38.3 Å². The highest BCUT2D eigenvalue weighted by atomic mass is 16.2. The molecule has 1 fully saturated rings. The number of rotatable bonds is 4. The number of carbonyl (C=O) groups is 1. The number of nitrogens with one attached hydrogen (secondary N) is 2. The molecule has 2 heterocycles. The zero-order valence-electron chi connectivity index (χ0n) is 14.6. The highest BCUT2D eigenvalue weighted by Crippen LogP contribution is 2.21. The molecule has 4 nitrogen and oxygen atoms in total. The third-order valence-corrected chi connectivity index (χ3v) is 5.34. The second-order valence-electron chi connectivity index (χ2n) is 7.16. The highest BCUT2D eigenvalue weighted by Gasteiger charge is 2.21. The number of nitrogens with zero attached hydrogens (tertiary/aromatic N) is 1. The molecular formula is C21H26N3O+. The van der Waals surface area contributed by atoms with Crippen molar-refractivity contribution in [3.63, 3.8) is 0 Å². The quantitative estimate of drug-likeness (QED) is 0.894. The van der Waals surface area contributed by atoms with Gasteiger partial charge in [-0.1, -0.05) is 24.3 Å². The second-order valence-corrected chi connectivity index (χ2v) is 7.16. The Kier molecular flexibility index (Phi) is 4.70. The van der Waals surface area contributed by atoms with E-state index in [1.165, 1.54) is 34.6 Å². The lowest BCUT2D eigenvalue weighted by Gasteiger charge is -2.25. The van der Waals surface area contributed by atoms with Crippen molar-refractivity contribution in [2.75, 3.05) is 36.4 Å². The molecule has 4 rings (SSSR count). The Labute approximate surface area is 149 Å². The van der Waals surface area contributed by atoms with Gasteiger partial charge in [-0.05, 0) is 42.7 Å². The van der Waals surface area contributed by atoms with Crippen molar-refractivity contribution in [3.05, 3.63) is 59.7 Å². The van der Waals surface area contributed by atoms with Crippen LogP contribution < -0.4 is 15.1 Å². The molecule has 2 aliphatic rings. The number of fused-ring (bicyclic) bond motifs is 1. The highest BCUT2D eigenvalue weighted by molar-refractivity contribution is 5.91. The van der Waals surface area contributed by atoms with Gasteiger partial charge in [0, 0.05) is 36.4 Å². The van der Waals surface area contributed by atoms with E-state index in [1.54, 1.807) is 0 Å². The van der Waals surface area contributed by atoms with Crippen LogP contribution in [0.5, 0.6) is 0 Å². The summed E-state index contributed by atoms with van der Waals surface area (Å²) < 4.78 is 0. The van der Waals surface area contributed by atoms with Crippen molar-refractivity contribution < 1.29 is 9.69 Å². The van der Waals surface area contributed by atoms with E-state index in [4.69, 9.17) is 0 Å². The molecule has 1 atom stereocenters. The van der Waals surface area contributed by atoms with Crippen LogP contribution >= 0.6 is 0 Å². The van der Waals surface area contributed by atoms with Crippen molar-refractivity contribution in [1.29, 1.82) is 0 Å². The van der Waals surface area contributed by atoms with Gasteiger partial charge in [-0.3, -0.25) is 4.79 Å². The van der Waals surface area contributed by atoms with Crippen LogP contribution in [0.15, 0.2) is 48.5 Å². The maximum absolute atomic E-state index is 12.4. The first-order valence-corrected chi connectivity index (χ1v) is 9.33. The molecule has 0 bridgehead atoms. The van der Waals surface area contributed by atoms with Gasteiger partial charge in [0.1, 0.15) is 6.54 Å². The van der Waals surface area contributed by atoms with Gasteiger partial charge in [-0.2, -0.15) is 0 Å². The molecule has 2 aliphatic heterocycles. The molecule has 0 saturated carbocycles. The molecule has 25 heavy (non-hydrogen) atoms. The van der Waals surface area contributed by atoms with Gasteiger partial charge < -0.3 is 15.1 Å². The summed E-state index contributed by atoms with van der Waals surface area (Å²) in [5.74, 6) is 0.100. The van der Waals surface area contributed by atoms with Gasteiger partial charge in [0.05, 0.1) is 6.54 Å². The SMILES string of the molecule is O=C(C[NH+]1CCc2ccccc2C1)Nc1ccc(N2CCCC2)cc1. The van der Waals surface area contributed by atoms with E-state index in [-0.39, 0.29) is 5.91 Å². The zero-order chi connectivity index (χ0) is 17.1. The summed E-state index contributed by atoms with van der Waals surface area (Å²) in [6, 6.07) is 16.8. The number of hydrogen-bond acceptors (Lipinski definition) is 2. The van der Waals surface area contributed by atoms with Crippen LogP contribution in [0, 0.1) is 0 Å². The average Bonchev–Trinajstić information content (AvgIpc) is 3.17. The fraction of sp³-hybridized carbons (Fsp3) is 0.381. The first-order chi connectivity index (χ1) is 12.3. The van der Waals surface area contributed by atoms with Crippen LogP contribution in [-0.4, -0.2) is 32.1 Å². The van der Waals surface area contributed by atoms with E-state index in [9.17, 15) is 4.79 Å². The monoisotopic (exact) mass is 336 g/mol. The lowest BCUT2D eigenvalue weighted by Crippen LogP contribution is -3.12. The van der Waals surface area contributed by atoms with Gasteiger partial charge in [0.2, 0.25) is 0 Å². The van der Waals surface area contributed by atoms with Crippen molar-refractivity contribution in [2.24, 2.45) is 0 Å². The van der Waals surface area contributed by atoms with Crippen LogP contribution in [0.1, 0.15) is 24.0 Å². The van der Waals surface area contributed by atoms with Crippen molar-refractivity contribution in [3.8, 4) is 0 Å². The number of benzene rings is 2. The molecule has 0 aliphatic carbocycles. The third-order valence-electron chi connectivity index (χ3n) is 5.34. The summed E-state index contributed by atoms with van der Waals surface area (Å²) in [4.78, 5) is 16.1. The van der Waals surface area contributed by atoms with E-state index in [1.807, 2.05) is 12.1 Å². The van der Waals surface area contributed by atoms with E-state index >= 15 is 0 Å². The van der Waals surface area contributed by atoms with Crippen LogP contribution in [0.25, 0.3) is 0 Å². The third kappa shape index (κ3) is 3.85. The Hall–Kier alpha value is -2.33. The van der Waals surface area contributed by atoms with E-state index in [2.05, 4.69) is 46.6 Å². The normalized spacial score (nSPS) is 19.5. The molecule has 1 saturated heterocycles. The summed E-state index contributed by atoms with van der Waals surface area (Å²) in [5, 5.41) is 3.05. The molecule has 2 N–H and O–H groups in total. The van der Waals surface area contributed by atoms with Crippen molar-refractivity contribution in [1.82, 2.24) is 0 Å². The number of quaternary nitrogens is 1. The van der Waals surface area contributed by atoms with Gasteiger partial charge in [0.15, 0.2) is 6.54 Å². The molecule has 0 aromatic heterocycles. The van der Waals surface area contributed by atoms with Gasteiger partial charge >= 0.3 is 0 Å². The van der Waals surface area contributed by atoms with Crippen LogP contribution in [0.4, 0.5) is 11.4 Å². The Morgan fingerprint density at radius 3 is 2.48 bits per heavy atom. The molecule has 0 spiro atoms. The summed E-state index contributed by atoms with van der Waals surface area (Å²) in [7, 11) is 0. The standard InChI is InChI=1S/C21H25N3O/c25-21(16-23-14-11-17-5-1-2-6-18(17)15-23)22-19-7-9-20(10-8-19)24-12-3-4-13-24/h1-2,5-10H,3-4,11-16H2,(H,22,25)/p+1. The number of amides is 1. The van der Waals surface area contributed by atoms with Crippen LogP contribution in [0.3, 0.4) is 0 Å². The lowest BCUT2D eigenvalue weighted by atomic mass is 10.00. The second kappa shape index (κ2) is 7.28.